The minimum Gasteiger partial charge on any atom is -0.399 e. The first kappa shape index (κ1) is 17.3. The maximum absolute atomic E-state index is 6.14. The zero-order valence-electron chi connectivity index (χ0n) is 15.0. The number of likely N-dealkylation sites (tertiary alicyclic amines) is 1. The minimum atomic E-state index is 0.266. The third kappa shape index (κ3) is 3.84. The molecule has 0 amide bonds. The third-order valence-corrected chi connectivity index (χ3v) is 5.83. The van der Waals surface area contributed by atoms with Crippen LogP contribution in [0.4, 0.5) is 5.69 Å². The van der Waals surface area contributed by atoms with Crippen molar-refractivity contribution in [1.82, 2.24) is 4.90 Å². The van der Waals surface area contributed by atoms with E-state index in [9.17, 15) is 0 Å². The number of hydrogen-bond acceptors (Lipinski definition) is 2. The van der Waals surface area contributed by atoms with E-state index in [2.05, 4.69) is 50.8 Å². The van der Waals surface area contributed by atoms with E-state index in [0.717, 1.165) is 5.69 Å². The van der Waals surface area contributed by atoms with E-state index >= 15 is 0 Å². The van der Waals surface area contributed by atoms with Gasteiger partial charge in [0.15, 0.2) is 0 Å². The molecule has 1 aliphatic heterocycles. The van der Waals surface area contributed by atoms with Crippen molar-refractivity contribution in [3.63, 3.8) is 0 Å². The van der Waals surface area contributed by atoms with Gasteiger partial charge in [-0.25, -0.2) is 0 Å². The summed E-state index contributed by atoms with van der Waals surface area (Å²) >= 11 is 0. The summed E-state index contributed by atoms with van der Waals surface area (Å²) in [5.41, 5.74) is 9.96. The summed E-state index contributed by atoms with van der Waals surface area (Å²) in [6.07, 6.45) is 6.68. The zero-order valence-corrected chi connectivity index (χ0v) is 15.0. The Morgan fingerprint density at radius 3 is 2.68 bits per heavy atom. The molecule has 0 spiro atoms. The average Bonchev–Trinajstić information content (AvgIpc) is 2.50. The van der Waals surface area contributed by atoms with Gasteiger partial charge in [0, 0.05) is 12.2 Å². The van der Waals surface area contributed by atoms with Crippen molar-refractivity contribution in [2.75, 3.05) is 25.4 Å². The van der Waals surface area contributed by atoms with Crippen molar-refractivity contribution in [2.24, 2.45) is 5.92 Å². The smallest absolute Gasteiger partial charge is 0.0346 e. The maximum atomic E-state index is 6.14. The molecule has 1 heterocycles. The Kier molecular flexibility index (Phi) is 5.91. The average molecular weight is 303 g/mol. The molecule has 22 heavy (non-hydrogen) atoms. The molecular weight excluding hydrogens is 268 g/mol. The third-order valence-electron chi connectivity index (χ3n) is 5.83. The molecule has 1 aromatic carbocycles. The summed E-state index contributed by atoms with van der Waals surface area (Å²) in [6, 6.07) is 6.68. The lowest BCUT2D eigenvalue weighted by Crippen LogP contribution is -2.47. The first-order valence-electron chi connectivity index (χ1n) is 9.06. The number of nitrogen functional groups attached to an aromatic ring is 1. The number of nitrogens with zero attached hydrogens (tertiary/aromatic N) is 1. The van der Waals surface area contributed by atoms with Crippen LogP contribution in [0.3, 0.4) is 0 Å². The van der Waals surface area contributed by atoms with Gasteiger partial charge in [0.25, 0.3) is 0 Å². The van der Waals surface area contributed by atoms with Crippen molar-refractivity contribution in [2.45, 2.75) is 65.2 Å². The summed E-state index contributed by atoms with van der Waals surface area (Å²) < 4.78 is 0. The first-order valence-corrected chi connectivity index (χ1v) is 9.06. The van der Waals surface area contributed by atoms with Gasteiger partial charge in [-0.1, -0.05) is 52.2 Å². The van der Waals surface area contributed by atoms with Crippen LogP contribution in [0, 0.1) is 12.8 Å². The Hall–Kier alpha value is -1.02. The van der Waals surface area contributed by atoms with Gasteiger partial charge in [0.1, 0.15) is 0 Å². The molecule has 124 valence electrons. The second-order valence-electron chi connectivity index (χ2n) is 7.50. The van der Waals surface area contributed by atoms with Crippen LogP contribution in [0.1, 0.15) is 64.0 Å². The molecule has 1 fully saturated rings. The predicted molar refractivity (Wildman–Crippen MR) is 97.3 cm³/mol. The monoisotopic (exact) mass is 302 g/mol. The number of rotatable bonds is 6. The molecule has 0 bridgehead atoms. The lowest BCUT2D eigenvalue weighted by atomic mass is 9.68. The van der Waals surface area contributed by atoms with Crippen LogP contribution in [0.15, 0.2) is 18.2 Å². The largest absolute Gasteiger partial charge is 0.399 e. The molecule has 2 heteroatoms. The molecule has 2 nitrogen and oxygen atoms in total. The van der Waals surface area contributed by atoms with Gasteiger partial charge in [0.2, 0.25) is 0 Å². The van der Waals surface area contributed by atoms with E-state index in [1.165, 1.54) is 62.9 Å². The summed E-state index contributed by atoms with van der Waals surface area (Å²) in [4.78, 5) is 2.67. The zero-order chi connectivity index (χ0) is 16.2. The second kappa shape index (κ2) is 7.50. The summed E-state index contributed by atoms with van der Waals surface area (Å²) in [6.45, 7) is 12.9. The molecule has 0 radical (unpaired) electrons. The Bertz CT molecular complexity index is 483. The lowest BCUT2D eigenvalue weighted by Gasteiger charge is -2.45. The van der Waals surface area contributed by atoms with Crippen LogP contribution >= 0.6 is 0 Å². The maximum Gasteiger partial charge on any atom is 0.0346 e. The fourth-order valence-corrected chi connectivity index (χ4v) is 3.71. The topological polar surface area (TPSA) is 29.3 Å². The summed E-state index contributed by atoms with van der Waals surface area (Å²) in [5, 5.41) is 0. The molecule has 2 atom stereocenters. The number of anilines is 1. The standard InChI is InChI=1S/C20H34N2/c1-5-6-7-8-12-22-13-11-20(4,17(3)15-22)18-10-9-16(2)19(21)14-18/h9-10,14,17H,5-8,11-13,15,21H2,1-4H3. The number of aryl methyl sites for hydroxylation is 1. The Morgan fingerprint density at radius 1 is 1.27 bits per heavy atom. The van der Waals surface area contributed by atoms with E-state index in [0.29, 0.717) is 5.92 Å². The molecule has 0 aliphatic carbocycles. The molecule has 2 N–H and O–H groups in total. The number of nitrogens with two attached hydrogens (primary N) is 1. The number of unbranched alkanes of at least 4 members (excludes halogenated alkanes) is 3. The Labute approximate surface area is 137 Å². The predicted octanol–water partition coefficient (Wildman–Crippen LogP) is 4.76. The first-order chi connectivity index (χ1) is 10.5. The van der Waals surface area contributed by atoms with Crippen molar-refractivity contribution in [3.05, 3.63) is 29.3 Å². The highest BCUT2D eigenvalue weighted by Crippen LogP contribution is 2.40. The molecule has 0 aromatic heterocycles. The second-order valence-corrected chi connectivity index (χ2v) is 7.50. The molecule has 2 rings (SSSR count). The van der Waals surface area contributed by atoms with Gasteiger partial charge < -0.3 is 10.6 Å². The summed E-state index contributed by atoms with van der Waals surface area (Å²) in [5.74, 6) is 0.675. The quantitative estimate of drug-likeness (QED) is 0.606. The highest BCUT2D eigenvalue weighted by molar-refractivity contribution is 5.50. The normalized spacial score (nSPS) is 26.3. The van der Waals surface area contributed by atoms with Gasteiger partial charge >= 0.3 is 0 Å². The lowest BCUT2D eigenvalue weighted by molar-refractivity contribution is 0.109. The minimum absolute atomic E-state index is 0.266. The van der Waals surface area contributed by atoms with E-state index < -0.39 is 0 Å². The molecular formula is C20H34N2. The van der Waals surface area contributed by atoms with Gasteiger partial charge in [0.05, 0.1) is 0 Å². The molecule has 1 aromatic rings. The van der Waals surface area contributed by atoms with Gasteiger partial charge in [-0.15, -0.1) is 0 Å². The van der Waals surface area contributed by atoms with Crippen LogP contribution in [0.2, 0.25) is 0 Å². The van der Waals surface area contributed by atoms with Crippen LogP contribution in [0.5, 0.6) is 0 Å². The van der Waals surface area contributed by atoms with Crippen molar-refractivity contribution in [1.29, 1.82) is 0 Å². The van der Waals surface area contributed by atoms with Crippen molar-refractivity contribution in [3.8, 4) is 0 Å². The molecule has 1 aliphatic rings. The van der Waals surface area contributed by atoms with E-state index in [-0.39, 0.29) is 5.41 Å². The number of hydrogen-bond donors (Lipinski definition) is 1. The number of benzene rings is 1. The fraction of sp³-hybridized carbons (Fsp3) is 0.700. The van der Waals surface area contributed by atoms with Crippen LogP contribution in [-0.2, 0) is 5.41 Å². The Morgan fingerprint density at radius 2 is 2.05 bits per heavy atom. The van der Waals surface area contributed by atoms with Crippen LogP contribution in [0.25, 0.3) is 0 Å². The van der Waals surface area contributed by atoms with Crippen molar-refractivity contribution < 1.29 is 0 Å². The number of piperidine rings is 1. The van der Waals surface area contributed by atoms with E-state index in [4.69, 9.17) is 5.73 Å². The molecule has 0 saturated carbocycles. The van der Waals surface area contributed by atoms with Gasteiger partial charge in [-0.05, 0) is 61.4 Å². The SMILES string of the molecule is CCCCCCN1CCC(C)(c2ccc(C)c(N)c2)C(C)C1. The van der Waals surface area contributed by atoms with Crippen LogP contribution < -0.4 is 5.73 Å². The van der Waals surface area contributed by atoms with Gasteiger partial charge in [-0.2, -0.15) is 0 Å². The van der Waals surface area contributed by atoms with Crippen LogP contribution in [-0.4, -0.2) is 24.5 Å². The van der Waals surface area contributed by atoms with Gasteiger partial charge in [-0.3, -0.25) is 0 Å². The summed E-state index contributed by atoms with van der Waals surface area (Å²) in [7, 11) is 0. The highest BCUT2D eigenvalue weighted by atomic mass is 15.1. The van der Waals surface area contributed by atoms with Crippen molar-refractivity contribution >= 4 is 5.69 Å². The fourth-order valence-electron chi connectivity index (χ4n) is 3.71. The Balaban J connectivity index is 1.98. The molecule has 2 unspecified atom stereocenters. The van der Waals surface area contributed by atoms with E-state index in [1.54, 1.807) is 0 Å². The van der Waals surface area contributed by atoms with E-state index in [1.807, 2.05) is 0 Å². The highest BCUT2D eigenvalue weighted by Gasteiger charge is 2.37. The molecule has 1 saturated heterocycles.